The van der Waals surface area contributed by atoms with Crippen molar-refractivity contribution < 1.29 is 14.3 Å². The maximum absolute atomic E-state index is 13.1. The van der Waals surface area contributed by atoms with Crippen LogP contribution in [-0.2, 0) is 11.3 Å². The Morgan fingerprint density at radius 2 is 1.67 bits per heavy atom. The molecule has 1 aromatic heterocycles. The Labute approximate surface area is 157 Å². The summed E-state index contributed by atoms with van der Waals surface area (Å²) in [5.41, 5.74) is 0.0966. The number of ether oxygens (including phenoxy) is 1. The van der Waals surface area contributed by atoms with E-state index in [0.29, 0.717) is 50.1 Å². The number of hydrogen-bond acceptors (Lipinski definition) is 5. The van der Waals surface area contributed by atoms with Gasteiger partial charge in [0.25, 0.3) is 11.5 Å². The first-order valence-electron chi connectivity index (χ1n) is 9.27. The van der Waals surface area contributed by atoms with Crippen LogP contribution in [0.25, 0.3) is 10.8 Å². The molecule has 0 spiro atoms. The minimum atomic E-state index is -0.357. The molecule has 1 saturated heterocycles. The predicted molar refractivity (Wildman–Crippen MR) is 101 cm³/mol. The summed E-state index contributed by atoms with van der Waals surface area (Å²) in [6, 6.07) is 7.05. The number of carbonyl (C=O) groups is 2. The normalized spacial score (nSPS) is 14.4. The molecule has 27 heavy (non-hydrogen) atoms. The first-order valence-corrected chi connectivity index (χ1v) is 9.27. The second-order valence-electron chi connectivity index (χ2n) is 6.40. The average molecular weight is 372 g/mol. The Kier molecular flexibility index (Phi) is 5.73. The van der Waals surface area contributed by atoms with Crippen molar-refractivity contribution in [3.8, 4) is 0 Å². The van der Waals surface area contributed by atoms with Gasteiger partial charge in [0.2, 0.25) is 0 Å². The third-order valence-corrected chi connectivity index (χ3v) is 4.60. The van der Waals surface area contributed by atoms with E-state index >= 15 is 0 Å². The van der Waals surface area contributed by atoms with Crippen molar-refractivity contribution in [1.29, 1.82) is 0 Å². The van der Waals surface area contributed by atoms with Crippen LogP contribution in [-0.4, -0.2) is 64.4 Å². The molecule has 8 nitrogen and oxygen atoms in total. The first kappa shape index (κ1) is 18.9. The van der Waals surface area contributed by atoms with Gasteiger partial charge in [-0.3, -0.25) is 9.59 Å². The second kappa shape index (κ2) is 8.20. The first-order chi connectivity index (χ1) is 13.1. The molecule has 3 rings (SSSR count). The molecule has 0 atom stereocenters. The molecule has 8 heteroatoms. The number of hydrogen-bond donors (Lipinski definition) is 0. The number of aryl methyl sites for hydroxylation is 1. The Balaban J connectivity index is 1.87. The van der Waals surface area contributed by atoms with Crippen LogP contribution in [0.3, 0.4) is 0 Å². The molecule has 0 N–H and O–H groups in total. The molecule has 0 radical (unpaired) electrons. The van der Waals surface area contributed by atoms with Gasteiger partial charge in [0.15, 0.2) is 5.69 Å². The van der Waals surface area contributed by atoms with Gasteiger partial charge in [-0.05, 0) is 19.4 Å². The summed E-state index contributed by atoms with van der Waals surface area (Å²) in [4.78, 5) is 40.8. The van der Waals surface area contributed by atoms with E-state index in [1.807, 2.05) is 6.92 Å². The summed E-state index contributed by atoms with van der Waals surface area (Å²) in [6.07, 6.45) is 0.390. The second-order valence-corrected chi connectivity index (χ2v) is 6.40. The van der Waals surface area contributed by atoms with Gasteiger partial charge in [-0.25, -0.2) is 9.48 Å². The molecule has 1 aliphatic rings. The van der Waals surface area contributed by atoms with Crippen LogP contribution in [0.15, 0.2) is 29.1 Å². The lowest BCUT2D eigenvalue weighted by atomic mass is 10.1. The van der Waals surface area contributed by atoms with Gasteiger partial charge in [-0.2, -0.15) is 5.10 Å². The highest BCUT2D eigenvalue weighted by Gasteiger charge is 2.28. The van der Waals surface area contributed by atoms with Crippen LogP contribution in [0.2, 0.25) is 0 Å². The molecular weight excluding hydrogens is 348 g/mol. The number of carbonyl (C=O) groups excluding carboxylic acids is 2. The van der Waals surface area contributed by atoms with E-state index in [0.717, 1.165) is 6.42 Å². The van der Waals surface area contributed by atoms with Crippen molar-refractivity contribution in [1.82, 2.24) is 19.6 Å². The van der Waals surface area contributed by atoms with Crippen molar-refractivity contribution in [2.75, 3.05) is 32.8 Å². The van der Waals surface area contributed by atoms with Crippen LogP contribution >= 0.6 is 0 Å². The molecule has 144 valence electrons. The number of benzene rings is 1. The summed E-state index contributed by atoms with van der Waals surface area (Å²) in [7, 11) is 0. The highest BCUT2D eigenvalue weighted by atomic mass is 16.6. The SMILES string of the molecule is CCCn1nc(C(=O)N2CCN(C(=O)OCC)CC2)c2ccccc2c1=O. The third kappa shape index (κ3) is 3.79. The molecule has 2 aromatic rings. The quantitative estimate of drug-likeness (QED) is 0.816. The highest BCUT2D eigenvalue weighted by Crippen LogP contribution is 2.16. The van der Waals surface area contributed by atoms with Gasteiger partial charge in [-0.1, -0.05) is 25.1 Å². The molecule has 1 fully saturated rings. The number of piperazine rings is 1. The van der Waals surface area contributed by atoms with Gasteiger partial charge in [-0.15, -0.1) is 0 Å². The number of aromatic nitrogens is 2. The number of nitrogens with zero attached hydrogens (tertiary/aromatic N) is 4. The minimum Gasteiger partial charge on any atom is -0.450 e. The van der Waals surface area contributed by atoms with Crippen molar-refractivity contribution in [2.24, 2.45) is 0 Å². The standard InChI is InChI=1S/C19H24N4O4/c1-3-9-23-17(24)15-8-6-5-7-14(15)16(20-23)18(25)21-10-12-22(13-11-21)19(26)27-4-2/h5-8H,3-4,9-13H2,1-2H3. The predicted octanol–water partition coefficient (Wildman–Crippen LogP) is 1.72. The Hall–Kier alpha value is -2.90. The zero-order valence-corrected chi connectivity index (χ0v) is 15.7. The summed E-state index contributed by atoms with van der Waals surface area (Å²) in [6.45, 7) is 6.14. The van der Waals surface area contributed by atoms with Crippen molar-refractivity contribution in [3.63, 3.8) is 0 Å². The lowest BCUT2D eigenvalue weighted by Gasteiger charge is -2.34. The van der Waals surface area contributed by atoms with Gasteiger partial charge in [0.1, 0.15) is 0 Å². The fourth-order valence-corrected chi connectivity index (χ4v) is 3.21. The van der Waals surface area contributed by atoms with Crippen molar-refractivity contribution in [3.05, 3.63) is 40.3 Å². The smallest absolute Gasteiger partial charge is 0.409 e. The van der Waals surface area contributed by atoms with E-state index in [1.165, 1.54) is 4.68 Å². The summed E-state index contributed by atoms with van der Waals surface area (Å²) in [5, 5.41) is 5.41. The number of rotatable bonds is 4. The zero-order valence-electron chi connectivity index (χ0n) is 15.7. The molecule has 2 amide bonds. The minimum absolute atomic E-state index is 0.184. The summed E-state index contributed by atoms with van der Waals surface area (Å²) in [5.74, 6) is -0.223. The molecule has 0 aliphatic carbocycles. The Bertz CT molecular complexity index is 900. The Morgan fingerprint density at radius 1 is 1.04 bits per heavy atom. The van der Waals surface area contributed by atoms with E-state index in [9.17, 15) is 14.4 Å². The van der Waals surface area contributed by atoms with Crippen LogP contribution in [0.1, 0.15) is 30.8 Å². The lowest BCUT2D eigenvalue weighted by Crippen LogP contribution is -2.51. The fraction of sp³-hybridized carbons (Fsp3) is 0.474. The molecule has 0 saturated carbocycles. The summed E-state index contributed by atoms with van der Waals surface area (Å²) < 4.78 is 6.37. The molecule has 2 heterocycles. The van der Waals surface area contributed by atoms with Crippen LogP contribution < -0.4 is 5.56 Å². The number of amides is 2. The van der Waals surface area contributed by atoms with Crippen molar-refractivity contribution in [2.45, 2.75) is 26.8 Å². The van der Waals surface area contributed by atoms with E-state index in [2.05, 4.69) is 5.10 Å². The van der Waals surface area contributed by atoms with E-state index in [-0.39, 0.29) is 23.3 Å². The third-order valence-electron chi connectivity index (χ3n) is 4.60. The van der Waals surface area contributed by atoms with E-state index < -0.39 is 0 Å². The molecule has 0 bridgehead atoms. The molecule has 1 aliphatic heterocycles. The molecule has 0 unspecified atom stereocenters. The monoisotopic (exact) mass is 372 g/mol. The highest BCUT2D eigenvalue weighted by molar-refractivity contribution is 6.04. The lowest BCUT2D eigenvalue weighted by molar-refractivity contribution is 0.0565. The molecule has 1 aromatic carbocycles. The average Bonchev–Trinajstić information content (AvgIpc) is 2.70. The van der Waals surface area contributed by atoms with E-state index in [4.69, 9.17) is 4.74 Å². The fourth-order valence-electron chi connectivity index (χ4n) is 3.21. The van der Waals surface area contributed by atoms with E-state index in [1.54, 1.807) is 41.0 Å². The van der Waals surface area contributed by atoms with Crippen LogP contribution in [0.4, 0.5) is 4.79 Å². The summed E-state index contributed by atoms with van der Waals surface area (Å²) >= 11 is 0. The van der Waals surface area contributed by atoms with Gasteiger partial charge in [0.05, 0.1) is 12.0 Å². The molecular formula is C19H24N4O4. The Morgan fingerprint density at radius 3 is 2.30 bits per heavy atom. The van der Waals surface area contributed by atoms with Gasteiger partial charge >= 0.3 is 6.09 Å². The van der Waals surface area contributed by atoms with Crippen LogP contribution in [0.5, 0.6) is 0 Å². The zero-order chi connectivity index (χ0) is 19.4. The van der Waals surface area contributed by atoms with Crippen molar-refractivity contribution >= 4 is 22.8 Å². The van der Waals surface area contributed by atoms with Gasteiger partial charge < -0.3 is 14.5 Å². The maximum Gasteiger partial charge on any atom is 0.409 e. The largest absolute Gasteiger partial charge is 0.450 e. The van der Waals surface area contributed by atoms with Gasteiger partial charge in [0, 0.05) is 38.1 Å². The number of fused-ring (bicyclic) bond motifs is 1. The van der Waals surface area contributed by atoms with Crippen LogP contribution in [0, 0.1) is 0 Å². The maximum atomic E-state index is 13.1. The topological polar surface area (TPSA) is 84.7 Å².